The number of carbonyl (C=O) groups excluding carboxylic acids is 4. The van der Waals surface area contributed by atoms with Crippen molar-refractivity contribution in [2.45, 2.75) is 51.4 Å². The van der Waals surface area contributed by atoms with Gasteiger partial charge in [-0.15, -0.1) is 0 Å². The maximum atomic E-state index is 12.5. The summed E-state index contributed by atoms with van der Waals surface area (Å²) in [6, 6.07) is 0. The van der Waals surface area contributed by atoms with E-state index < -0.39 is 0 Å². The molecule has 130 valence electrons. The Bertz CT molecular complexity index is 511. The molecule has 4 amide bonds. The largest absolute Gasteiger partial charge is 0.273 e. The van der Waals surface area contributed by atoms with Gasteiger partial charge in [0.05, 0.1) is 45.6 Å². The van der Waals surface area contributed by atoms with Gasteiger partial charge in [-0.3, -0.25) is 19.2 Å². The van der Waals surface area contributed by atoms with Crippen LogP contribution >= 0.6 is 22.0 Å². The van der Waals surface area contributed by atoms with Gasteiger partial charge in [0.25, 0.3) is 0 Å². The van der Waals surface area contributed by atoms with Crippen LogP contribution in [0.5, 0.6) is 0 Å². The van der Waals surface area contributed by atoms with Gasteiger partial charge >= 0.3 is 0 Å². The van der Waals surface area contributed by atoms with Crippen LogP contribution in [0.15, 0.2) is 0 Å². The maximum absolute atomic E-state index is 12.5. The molecule has 4 atom stereocenters. The summed E-state index contributed by atoms with van der Waals surface area (Å²) in [7, 11) is 1.90. The highest BCUT2D eigenvalue weighted by atomic mass is 33.1. The summed E-state index contributed by atoms with van der Waals surface area (Å²) in [6.07, 6.45) is 7.00. The molecule has 2 saturated carbocycles. The quantitative estimate of drug-likeness (QED) is 0.433. The number of imide groups is 2. The van der Waals surface area contributed by atoms with Gasteiger partial charge in [-0.25, -0.2) is 8.61 Å². The molecular weight excluding hydrogens is 348 g/mol. The van der Waals surface area contributed by atoms with Gasteiger partial charge in [0.1, 0.15) is 0 Å². The fraction of sp³-hybridized carbons (Fsp3) is 0.750. The number of hydrogen-bond acceptors (Lipinski definition) is 6. The normalized spacial score (nSPS) is 36.3. The Kier molecular flexibility index (Phi) is 4.36. The molecule has 2 saturated heterocycles. The van der Waals surface area contributed by atoms with E-state index in [1.165, 1.54) is 8.61 Å². The second-order valence-electron chi connectivity index (χ2n) is 7.09. The average molecular weight is 368 g/mol. The summed E-state index contributed by atoms with van der Waals surface area (Å²) in [4.78, 5) is 49.8. The first-order valence-electron chi connectivity index (χ1n) is 8.70. The molecular formula is C16H20N2O4S2. The molecule has 0 N–H and O–H groups in total. The first-order chi connectivity index (χ1) is 11.6. The standard InChI is InChI=1S/C16H20N2O4S2/c19-13-9-5-1-2-6-10(9)14(20)17(13)23-24-18-15(21)11-7-3-4-8-12(11)16(18)22/h9-12H,1-8H2. The maximum Gasteiger partial charge on any atom is 0.244 e. The Hall–Kier alpha value is -1.02. The molecule has 0 aromatic rings. The lowest BCUT2D eigenvalue weighted by Crippen LogP contribution is -2.27. The van der Waals surface area contributed by atoms with Crippen molar-refractivity contribution < 1.29 is 19.2 Å². The molecule has 4 aliphatic rings. The van der Waals surface area contributed by atoms with E-state index in [0.717, 1.165) is 73.3 Å². The molecule has 24 heavy (non-hydrogen) atoms. The number of rotatable bonds is 3. The molecule has 4 unspecified atom stereocenters. The van der Waals surface area contributed by atoms with Gasteiger partial charge in [-0.1, -0.05) is 25.7 Å². The molecule has 2 aliphatic carbocycles. The zero-order chi connectivity index (χ0) is 16.8. The van der Waals surface area contributed by atoms with Crippen molar-refractivity contribution in [3.63, 3.8) is 0 Å². The van der Waals surface area contributed by atoms with E-state index in [-0.39, 0.29) is 47.3 Å². The van der Waals surface area contributed by atoms with E-state index in [1.54, 1.807) is 0 Å². The van der Waals surface area contributed by atoms with Crippen molar-refractivity contribution in [1.82, 2.24) is 8.61 Å². The summed E-state index contributed by atoms with van der Waals surface area (Å²) in [6.45, 7) is 0. The number of amides is 4. The molecule has 0 radical (unpaired) electrons. The summed E-state index contributed by atoms with van der Waals surface area (Å²) in [5, 5.41) is 0. The SMILES string of the molecule is O=C1C2CCCCC2C(=O)N1SSN1C(=O)C2CCCCC2C1=O. The molecule has 0 spiro atoms. The van der Waals surface area contributed by atoms with E-state index in [9.17, 15) is 19.2 Å². The minimum Gasteiger partial charge on any atom is -0.273 e. The van der Waals surface area contributed by atoms with Gasteiger partial charge in [0, 0.05) is 0 Å². The highest BCUT2D eigenvalue weighted by Crippen LogP contribution is 2.47. The lowest BCUT2D eigenvalue weighted by atomic mass is 9.81. The van der Waals surface area contributed by atoms with Crippen molar-refractivity contribution in [1.29, 1.82) is 0 Å². The van der Waals surface area contributed by atoms with Crippen molar-refractivity contribution in [3.8, 4) is 0 Å². The van der Waals surface area contributed by atoms with Crippen molar-refractivity contribution in [3.05, 3.63) is 0 Å². The number of nitrogens with zero attached hydrogens (tertiary/aromatic N) is 2. The number of fused-ring (bicyclic) bond motifs is 2. The van der Waals surface area contributed by atoms with Crippen LogP contribution < -0.4 is 0 Å². The van der Waals surface area contributed by atoms with Crippen molar-refractivity contribution >= 4 is 45.6 Å². The lowest BCUT2D eigenvalue weighted by Gasteiger charge is -2.19. The molecule has 8 heteroatoms. The molecule has 0 aromatic carbocycles. The third-order valence-electron chi connectivity index (χ3n) is 5.78. The molecule has 4 fully saturated rings. The van der Waals surface area contributed by atoms with Crippen molar-refractivity contribution in [2.75, 3.05) is 0 Å². The fourth-order valence-corrected chi connectivity index (χ4v) is 6.73. The molecule has 2 aliphatic heterocycles. The third-order valence-corrected chi connectivity index (χ3v) is 7.96. The monoisotopic (exact) mass is 368 g/mol. The predicted molar refractivity (Wildman–Crippen MR) is 89.8 cm³/mol. The van der Waals surface area contributed by atoms with Gasteiger partial charge in [-0.2, -0.15) is 0 Å². The van der Waals surface area contributed by atoms with E-state index in [2.05, 4.69) is 0 Å². The molecule has 6 nitrogen and oxygen atoms in total. The summed E-state index contributed by atoms with van der Waals surface area (Å²) >= 11 is 0. The summed E-state index contributed by atoms with van der Waals surface area (Å²) in [5.74, 6) is -1.42. The Morgan fingerprint density at radius 3 is 1.04 bits per heavy atom. The Morgan fingerprint density at radius 1 is 0.542 bits per heavy atom. The van der Waals surface area contributed by atoms with E-state index in [4.69, 9.17) is 0 Å². The second-order valence-corrected chi connectivity index (χ2v) is 9.01. The molecule has 0 bridgehead atoms. The highest BCUT2D eigenvalue weighted by molar-refractivity contribution is 8.75. The number of carbonyl (C=O) groups is 4. The van der Waals surface area contributed by atoms with Gasteiger partial charge < -0.3 is 0 Å². The van der Waals surface area contributed by atoms with Crippen LogP contribution in [-0.4, -0.2) is 32.2 Å². The molecule has 2 heterocycles. The number of hydrogen-bond donors (Lipinski definition) is 0. The van der Waals surface area contributed by atoms with Crippen LogP contribution in [0.25, 0.3) is 0 Å². The Balaban J connectivity index is 1.43. The van der Waals surface area contributed by atoms with Gasteiger partial charge in [0.15, 0.2) is 0 Å². The minimum atomic E-state index is -0.202. The Labute approximate surface area is 148 Å². The minimum absolute atomic E-state index is 0.154. The smallest absolute Gasteiger partial charge is 0.244 e. The zero-order valence-corrected chi connectivity index (χ0v) is 14.9. The average Bonchev–Trinajstić information content (AvgIpc) is 3.00. The van der Waals surface area contributed by atoms with Crippen LogP contribution in [0, 0.1) is 23.7 Å². The van der Waals surface area contributed by atoms with Crippen LogP contribution in [0.4, 0.5) is 0 Å². The summed E-state index contributed by atoms with van der Waals surface area (Å²) in [5.41, 5.74) is 0. The second kappa shape index (κ2) is 6.37. The zero-order valence-electron chi connectivity index (χ0n) is 13.3. The van der Waals surface area contributed by atoms with E-state index >= 15 is 0 Å². The first-order valence-corrected chi connectivity index (χ1v) is 10.8. The van der Waals surface area contributed by atoms with Crippen LogP contribution in [0.1, 0.15) is 51.4 Å². The third kappa shape index (κ3) is 2.49. The lowest BCUT2D eigenvalue weighted by molar-refractivity contribution is -0.135. The van der Waals surface area contributed by atoms with Gasteiger partial charge in [0.2, 0.25) is 23.6 Å². The Morgan fingerprint density at radius 2 is 0.792 bits per heavy atom. The van der Waals surface area contributed by atoms with E-state index in [0.29, 0.717) is 0 Å². The van der Waals surface area contributed by atoms with E-state index in [1.807, 2.05) is 0 Å². The topological polar surface area (TPSA) is 74.8 Å². The van der Waals surface area contributed by atoms with Crippen LogP contribution in [0.3, 0.4) is 0 Å². The molecule has 0 aromatic heterocycles. The van der Waals surface area contributed by atoms with Crippen molar-refractivity contribution in [2.24, 2.45) is 23.7 Å². The van der Waals surface area contributed by atoms with Crippen LogP contribution in [0.2, 0.25) is 0 Å². The van der Waals surface area contributed by atoms with Gasteiger partial charge in [-0.05, 0) is 25.7 Å². The highest BCUT2D eigenvalue weighted by Gasteiger charge is 2.52. The molecule has 4 rings (SSSR count). The summed E-state index contributed by atoms with van der Waals surface area (Å²) < 4.78 is 2.38. The predicted octanol–water partition coefficient (Wildman–Crippen LogP) is 2.55. The first kappa shape index (κ1) is 16.4. The fourth-order valence-electron chi connectivity index (χ4n) is 4.48. The van der Waals surface area contributed by atoms with Crippen LogP contribution in [-0.2, 0) is 19.2 Å².